The molecule has 1 aromatic heterocycles. The monoisotopic (exact) mass is 460 g/mol. The summed E-state index contributed by atoms with van der Waals surface area (Å²) in [7, 11) is 0. The third kappa shape index (κ3) is 4.71. The maximum Gasteiger partial charge on any atom is 0.224 e. The lowest BCUT2D eigenvalue weighted by molar-refractivity contribution is -0.116. The lowest BCUT2D eigenvalue weighted by atomic mass is 10.1. The summed E-state index contributed by atoms with van der Waals surface area (Å²) in [6.45, 7) is 0.931. The quantitative estimate of drug-likeness (QED) is 0.381. The van der Waals surface area contributed by atoms with Gasteiger partial charge in [-0.05, 0) is 0 Å². The number of ether oxygens (including phenoxy) is 2. The van der Waals surface area contributed by atoms with Gasteiger partial charge in [-0.1, -0.05) is 72.3 Å². The van der Waals surface area contributed by atoms with E-state index in [1.165, 1.54) is 0 Å². The minimum atomic E-state index is -0.200. The fraction of sp³-hybridized carbons (Fsp3) is 0.154. The molecule has 7 heteroatoms. The number of aryl methyl sites for hydroxylation is 1. The Balaban J connectivity index is 1.33. The molecule has 0 radical (unpaired) electrons. The van der Waals surface area contributed by atoms with E-state index in [-0.39, 0.29) is 12.3 Å². The van der Waals surface area contributed by atoms with E-state index < -0.39 is 0 Å². The van der Waals surface area contributed by atoms with E-state index in [4.69, 9.17) is 30.5 Å². The number of aromatic nitrogens is 1. The number of fused-ring (bicyclic) bond motifs is 1. The first-order valence-corrected chi connectivity index (χ1v) is 11.0. The average molecular weight is 461 g/mol. The van der Waals surface area contributed by atoms with Gasteiger partial charge in [-0.25, -0.2) is 4.98 Å². The molecule has 0 fully saturated rings. The number of nitrogens with zero attached hydrogens (tertiary/aromatic N) is 1. The van der Waals surface area contributed by atoms with Crippen LogP contribution in [-0.4, -0.2) is 24.1 Å². The number of carbonyl (C=O) groups is 1. The van der Waals surface area contributed by atoms with Crippen molar-refractivity contribution in [2.75, 3.05) is 18.5 Å². The van der Waals surface area contributed by atoms with Crippen molar-refractivity contribution in [3.8, 4) is 34.1 Å². The minimum absolute atomic E-state index is 0.188. The molecule has 5 rings (SSSR count). The van der Waals surface area contributed by atoms with Gasteiger partial charge < -0.3 is 19.2 Å². The highest BCUT2D eigenvalue weighted by Gasteiger charge is 2.19. The van der Waals surface area contributed by atoms with Crippen LogP contribution in [-0.2, 0) is 11.2 Å². The summed E-state index contributed by atoms with van der Waals surface area (Å²) in [6.07, 6.45) is 0.536. The molecule has 1 aliphatic rings. The number of halogens is 1. The Morgan fingerprint density at radius 1 is 0.909 bits per heavy atom. The maximum absolute atomic E-state index is 12.6. The molecule has 1 N–H and O–H groups in total. The molecule has 1 aliphatic heterocycles. The molecule has 1 amide bonds. The van der Waals surface area contributed by atoms with Crippen molar-refractivity contribution in [1.29, 1.82) is 0 Å². The van der Waals surface area contributed by atoms with Gasteiger partial charge in [0, 0.05) is 36.1 Å². The van der Waals surface area contributed by atoms with Crippen LogP contribution >= 0.6 is 11.6 Å². The molecule has 4 aromatic rings. The van der Waals surface area contributed by atoms with Crippen molar-refractivity contribution in [3.05, 3.63) is 83.7 Å². The number of carbonyl (C=O) groups excluding carboxylic acids is 1. The van der Waals surface area contributed by atoms with Gasteiger partial charge in [0.15, 0.2) is 23.1 Å². The van der Waals surface area contributed by atoms with Crippen LogP contribution in [0.15, 0.2) is 77.2 Å². The Morgan fingerprint density at radius 2 is 1.55 bits per heavy atom. The van der Waals surface area contributed by atoms with Crippen LogP contribution in [0, 0.1) is 0 Å². The van der Waals surface area contributed by atoms with Gasteiger partial charge in [0.2, 0.25) is 5.91 Å². The largest absolute Gasteiger partial charge is 0.486 e. The van der Waals surface area contributed by atoms with Crippen molar-refractivity contribution in [2.45, 2.75) is 12.8 Å². The highest BCUT2D eigenvalue weighted by Crippen LogP contribution is 2.38. The zero-order valence-corrected chi connectivity index (χ0v) is 18.5. The predicted octanol–water partition coefficient (Wildman–Crippen LogP) is 6.00. The van der Waals surface area contributed by atoms with Crippen LogP contribution in [0.3, 0.4) is 0 Å². The van der Waals surface area contributed by atoms with Gasteiger partial charge in [0.25, 0.3) is 0 Å². The highest BCUT2D eigenvalue weighted by molar-refractivity contribution is 6.34. The molecular formula is C26H21ClN2O4. The number of rotatable bonds is 6. The molecule has 3 aromatic carbocycles. The maximum atomic E-state index is 12.6. The summed E-state index contributed by atoms with van der Waals surface area (Å²) in [6, 6.07) is 23.0. The second kappa shape index (κ2) is 9.38. The number of oxazole rings is 1. The number of hydrogen-bond acceptors (Lipinski definition) is 5. The number of nitrogens with one attached hydrogen (secondary N) is 1. The Labute approximate surface area is 196 Å². The van der Waals surface area contributed by atoms with Gasteiger partial charge in [-0.3, -0.25) is 4.79 Å². The molecular weight excluding hydrogens is 440 g/mol. The van der Waals surface area contributed by atoms with Crippen molar-refractivity contribution in [2.24, 2.45) is 0 Å². The number of hydrogen-bond donors (Lipinski definition) is 1. The van der Waals surface area contributed by atoms with Gasteiger partial charge in [0.05, 0.1) is 10.7 Å². The van der Waals surface area contributed by atoms with Crippen LogP contribution in [0.5, 0.6) is 11.5 Å². The van der Waals surface area contributed by atoms with Gasteiger partial charge in [-0.2, -0.15) is 0 Å². The SMILES string of the molecule is O=C(CCc1nc(-c2ccccc2)c(-c2ccccc2)o1)Nc1cc2c(cc1Cl)OCCO2. The molecule has 0 unspecified atom stereocenters. The van der Waals surface area contributed by atoms with E-state index in [1.54, 1.807) is 12.1 Å². The number of amides is 1. The van der Waals surface area contributed by atoms with E-state index in [2.05, 4.69) is 5.32 Å². The number of benzene rings is 3. The molecule has 166 valence electrons. The summed E-state index contributed by atoms with van der Waals surface area (Å²) in [5, 5.41) is 3.23. The molecule has 0 saturated carbocycles. The number of anilines is 1. The van der Waals surface area contributed by atoms with Crippen molar-refractivity contribution in [3.63, 3.8) is 0 Å². The fourth-order valence-corrected chi connectivity index (χ4v) is 3.84. The summed E-state index contributed by atoms with van der Waals surface area (Å²) in [5.74, 6) is 2.12. The molecule has 2 heterocycles. The highest BCUT2D eigenvalue weighted by atomic mass is 35.5. The molecule has 0 spiro atoms. The van der Waals surface area contributed by atoms with E-state index in [9.17, 15) is 4.79 Å². The standard InChI is InChI=1S/C26H21ClN2O4/c27-19-15-21-22(32-14-13-31-21)16-20(19)28-23(30)11-12-24-29-25(17-7-3-1-4-8-17)26(33-24)18-9-5-2-6-10-18/h1-10,15-16H,11-14H2,(H,28,30). The van der Waals surface area contributed by atoms with Crippen LogP contribution in [0.2, 0.25) is 5.02 Å². The topological polar surface area (TPSA) is 73.6 Å². The van der Waals surface area contributed by atoms with Crippen LogP contribution in [0.1, 0.15) is 12.3 Å². The van der Waals surface area contributed by atoms with E-state index >= 15 is 0 Å². The zero-order chi connectivity index (χ0) is 22.6. The van der Waals surface area contributed by atoms with E-state index in [1.807, 2.05) is 60.7 Å². The van der Waals surface area contributed by atoms with Crippen LogP contribution < -0.4 is 14.8 Å². The summed E-state index contributed by atoms with van der Waals surface area (Å²) < 4.78 is 17.2. The Hall–Kier alpha value is -3.77. The van der Waals surface area contributed by atoms with Gasteiger partial charge in [-0.15, -0.1) is 0 Å². The van der Waals surface area contributed by atoms with Gasteiger partial charge in [0.1, 0.15) is 18.9 Å². The molecule has 6 nitrogen and oxygen atoms in total. The molecule has 0 bridgehead atoms. The Morgan fingerprint density at radius 3 is 2.24 bits per heavy atom. The predicted molar refractivity (Wildman–Crippen MR) is 127 cm³/mol. The first kappa shape index (κ1) is 21.1. The first-order valence-electron chi connectivity index (χ1n) is 10.7. The second-order valence-corrected chi connectivity index (χ2v) is 7.95. The fourth-order valence-electron chi connectivity index (χ4n) is 3.64. The van der Waals surface area contributed by atoms with Crippen molar-refractivity contribution >= 4 is 23.2 Å². The normalized spacial score (nSPS) is 12.4. The molecule has 0 aliphatic carbocycles. The molecule has 33 heavy (non-hydrogen) atoms. The second-order valence-electron chi connectivity index (χ2n) is 7.54. The lowest BCUT2D eigenvalue weighted by Gasteiger charge is -2.20. The van der Waals surface area contributed by atoms with Crippen LogP contribution in [0.25, 0.3) is 22.6 Å². The Kier molecular flexibility index (Phi) is 6.00. The van der Waals surface area contributed by atoms with Crippen LogP contribution in [0.4, 0.5) is 5.69 Å². The van der Waals surface area contributed by atoms with Crippen molar-refractivity contribution in [1.82, 2.24) is 4.98 Å². The average Bonchev–Trinajstić information content (AvgIpc) is 3.29. The Bertz CT molecular complexity index is 1220. The zero-order valence-electron chi connectivity index (χ0n) is 17.7. The third-order valence-corrected chi connectivity index (χ3v) is 5.54. The van der Waals surface area contributed by atoms with Gasteiger partial charge >= 0.3 is 0 Å². The smallest absolute Gasteiger partial charge is 0.224 e. The third-order valence-electron chi connectivity index (χ3n) is 5.23. The summed E-state index contributed by atoms with van der Waals surface area (Å²) in [4.78, 5) is 17.3. The lowest BCUT2D eigenvalue weighted by Crippen LogP contribution is -2.17. The summed E-state index contributed by atoms with van der Waals surface area (Å²) in [5.41, 5.74) is 3.13. The minimum Gasteiger partial charge on any atom is -0.486 e. The summed E-state index contributed by atoms with van der Waals surface area (Å²) >= 11 is 6.30. The van der Waals surface area contributed by atoms with E-state index in [0.717, 1.165) is 16.8 Å². The molecule has 0 atom stereocenters. The molecule has 0 saturated heterocycles. The van der Waals surface area contributed by atoms with Crippen molar-refractivity contribution < 1.29 is 18.7 Å². The van der Waals surface area contributed by atoms with E-state index in [0.29, 0.717) is 53.5 Å². The first-order chi connectivity index (χ1) is 16.2.